The van der Waals surface area contributed by atoms with Gasteiger partial charge in [-0.05, 0) is 11.5 Å². The van der Waals surface area contributed by atoms with Gasteiger partial charge in [0.25, 0.3) is 0 Å². The van der Waals surface area contributed by atoms with Gasteiger partial charge in [-0.3, -0.25) is 4.79 Å². The van der Waals surface area contributed by atoms with Crippen LogP contribution >= 0.6 is 0 Å². The first-order valence-corrected chi connectivity index (χ1v) is 5.19. The number of fused-ring (bicyclic) bond motifs is 1. The molecule has 1 aromatic carbocycles. The third-order valence-electron chi connectivity index (χ3n) is 2.84. The molecule has 0 saturated heterocycles. The molecule has 0 spiro atoms. The minimum atomic E-state index is -1.39. The second kappa shape index (κ2) is 4.64. The number of hydrogen-bond donors (Lipinski definition) is 3. The van der Waals surface area contributed by atoms with Crippen LogP contribution in [0, 0.1) is 11.6 Å². The number of benzene rings is 1. The van der Waals surface area contributed by atoms with E-state index in [2.05, 4.69) is 0 Å². The number of carboxylic acid groups (broad SMARTS) is 1. The van der Waals surface area contributed by atoms with Gasteiger partial charge in [-0.25, -0.2) is 8.78 Å². The van der Waals surface area contributed by atoms with Crippen LogP contribution in [0.3, 0.4) is 0 Å². The van der Waals surface area contributed by atoms with Gasteiger partial charge < -0.3 is 20.5 Å². The molecule has 0 saturated carbocycles. The molecule has 1 atom stereocenters. The van der Waals surface area contributed by atoms with Gasteiger partial charge in [-0.15, -0.1) is 0 Å². The summed E-state index contributed by atoms with van der Waals surface area (Å²) in [6, 6.07) is -0.445. The van der Waals surface area contributed by atoms with E-state index in [4.69, 9.17) is 15.5 Å². The van der Waals surface area contributed by atoms with Crippen molar-refractivity contribution < 1.29 is 28.4 Å². The first-order chi connectivity index (χ1) is 8.41. The molecule has 1 heterocycles. The molecule has 4 N–H and O–H groups in total. The van der Waals surface area contributed by atoms with Crippen molar-refractivity contribution in [3.63, 3.8) is 0 Å². The summed E-state index contributed by atoms with van der Waals surface area (Å²) in [5.74, 6) is -3.18. The molecular formula is C10H10BF2NO4. The van der Waals surface area contributed by atoms with Crippen molar-refractivity contribution in [1.82, 2.24) is 0 Å². The molecule has 0 aromatic heterocycles. The average Bonchev–Trinajstić information content (AvgIpc) is 2.66. The van der Waals surface area contributed by atoms with Gasteiger partial charge in [0.05, 0.1) is 6.61 Å². The van der Waals surface area contributed by atoms with Crippen molar-refractivity contribution in [2.45, 2.75) is 19.1 Å². The lowest BCUT2D eigenvalue weighted by Crippen LogP contribution is -2.34. The summed E-state index contributed by atoms with van der Waals surface area (Å²) in [7, 11) is -1.36. The molecule has 0 aliphatic carbocycles. The minimum Gasteiger partial charge on any atom is -0.480 e. The molecule has 0 bridgehead atoms. The third-order valence-corrected chi connectivity index (χ3v) is 2.84. The van der Waals surface area contributed by atoms with Gasteiger partial charge in [0, 0.05) is 17.5 Å². The molecule has 5 nitrogen and oxygen atoms in total. The van der Waals surface area contributed by atoms with Crippen LogP contribution < -0.4 is 11.2 Å². The van der Waals surface area contributed by atoms with E-state index in [-0.39, 0.29) is 17.6 Å². The molecule has 1 aromatic rings. The fraction of sp³-hybridized carbons (Fsp3) is 0.300. The Balaban J connectivity index is 2.41. The van der Waals surface area contributed by atoms with Crippen LogP contribution in [-0.4, -0.2) is 29.3 Å². The molecule has 0 amide bonds. The maximum atomic E-state index is 14.0. The number of aliphatic carboxylic acids is 1. The van der Waals surface area contributed by atoms with Crippen molar-refractivity contribution >= 4 is 18.6 Å². The van der Waals surface area contributed by atoms with Crippen molar-refractivity contribution in [1.29, 1.82) is 0 Å². The highest BCUT2D eigenvalue weighted by atomic mass is 19.1. The molecule has 0 radical (unpaired) electrons. The molecular weight excluding hydrogens is 247 g/mol. The minimum absolute atomic E-state index is 0.0256. The number of carboxylic acids is 1. The van der Waals surface area contributed by atoms with E-state index in [1.54, 1.807) is 0 Å². The van der Waals surface area contributed by atoms with Gasteiger partial charge in [0.15, 0.2) is 0 Å². The van der Waals surface area contributed by atoms with E-state index >= 15 is 0 Å². The Morgan fingerprint density at radius 3 is 2.89 bits per heavy atom. The Hall–Kier alpha value is -1.51. The molecule has 0 fully saturated rings. The van der Waals surface area contributed by atoms with E-state index in [0.29, 0.717) is 0 Å². The highest BCUT2D eigenvalue weighted by Crippen LogP contribution is 2.21. The molecule has 0 unspecified atom stereocenters. The van der Waals surface area contributed by atoms with E-state index in [1.807, 2.05) is 0 Å². The quantitative estimate of drug-likeness (QED) is 0.612. The van der Waals surface area contributed by atoms with E-state index in [0.717, 1.165) is 6.07 Å². The first-order valence-electron chi connectivity index (χ1n) is 5.19. The summed E-state index contributed by atoms with van der Waals surface area (Å²) in [5.41, 5.74) is 4.91. The van der Waals surface area contributed by atoms with Crippen molar-refractivity contribution in [2.75, 3.05) is 0 Å². The van der Waals surface area contributed by atoms with Crippen molar-refractivity contribution in [3.8, 4) is 0 Å². The Morgan fingerprint density at radius 2 is 2.28 bits per heavy atom. The topological polar surface area (TPSA) is 92.8 Å². The van der Waals surface area contributed by atoms with Crippen LogP contribution in [0.25, 0.3) is 0 Å². The van der Waals surface area contributed by atoms with Gasteiger partial charge in [0.2, 0.25) is 0 Å². The zero-order valence-corrected chi connectivity index (χ0v) is 9.19. The smallest absolute Gasteiger partial charge is 0.480 e. The normalized spacial score (nSPS) is 15.7. The lowest BCUT2D eigenvalue weighted by Gasteiger charge is -2.11. The van der Waals surface area contributed by atoms with Crippen LogP contribution in [0.2, 0.25) is 0 Å². The molecule has 96 valence electrons. The fourth-order valence-electron chi connectivity index (χ4n) is 1.84. The maximum absolute atomic E-state index is 14.0. The molecule has 1 aliphatic rings. The summed E-state index contributed by atoms with van der Waals surface area (Å²) >= 11 is 0. The lowest BCUT2D eigenvalue weighted by molar-refractivity contribution is -0.138. The highest BCUT2D eigenvalue weighted by Gasteiger charge is 2.33. The Labute approximate surface area is 101 Å². The summed E-state index contributed by atoms with van der Waals surface area (Å²) in [6.07, 6.45) is -0.462. The maximum Gasteiger partial charge on any atom is 0.491 e. The zero-order chi connectivity index (χ0) is 13.4. The van der Waals surface area contributed by atoms with Gasteiger partial charge >= 0.3 is 13.1 Å². The molecule has 2 rings (SSSR count). The standard InChI is InChI=1S/C10H10BF2NO4/c12-7-2-6-5(3-18-11(6)17)9(13)4(7)1-8(14)10(15)16/h2,8,17H,1,3,14H2,(H,15,16)/t8-/m0/s1. The number of rotatable bonds is 3. The SMILES string of the molecule is N[C@@H](Cc1c(F)cc2c(c1F)COB2O)C(=O)O. The third kappa shape index (κ3) is 2.10. The van der Waals surface area contributed by atoms with Crippen LogP contribution in [0.1, 0.15) is 11.1 Å². The molecule has 1 aliphatic heterocycles. The number of nitrogens with two attached hydrogens (primary N) is 1. The number of halogens is 2. The van der Waals surface area contributed by atoms with Gasteiger partial charge in [-0.2, -0.15) is 0 Å². The molecule has 8 heteroatoms. The summed E-state index contributed by atoms with van der Waals surface area (Å²) in [6.45, 7) is -0.183. The zero-order valence-electron chi connectivity index (χ0n) is 9.19. The van der Waals surface area contributed by atoms with Crippen molar-refractivity contribution in [2.24, 2.45) is 5.73 Å². The van der Waals surface area contributed by atoms with E-state index in [9.17, 15) is 18.6 Å². The second-order valence-electron chi connectivity index (χ2n) is 4.03. The second-order valence-corrected chi connectivity index (χ2v) is 4.03. The fourth-order valence-corrected chi connectivity index (χ4v) is 1.84. The number of carbonyl (C=O) groups is 1. The Kier molecular flexibility index (Phi) is 3.33. The van der Waals surface area contributed by atoms with Crippen LogP contribution in [-0.2, 0) is 22.5 Å². The van der Waals surface area contributed by atoms with E-state index in [1.165, 1.54) is 0 Å². The van der Waals surface area contributed by atoms with Crippen LogP contribution in [0.15, 0.2) is 6.07 Å². The van der Waals surface area contributed by atoms with Gasteiger partial charge in [0.1, 0.15) is 17.7 Å². The summed E-state index contributed by atoms with van der Waals surface area (Å²) < 4.78 is 32.4. The van der Waals surface area contributed by atoms with Crippen LogP contribution in [0.4, 0.5) is 8.78 Å². The monoisotopic (exact) mass is 257 g/mol. The Bertz CT molecular complexity index is 511. The van der Waals surface area contributed by atoms with E-state index < -0.39 is 42.7 Å². The number of hydrogen-bond acceptors (Lipinski definition) is 4. The van der Waals surface area contributed by atoms with Crippen molar-refractivity contribution in [3.05, 3.63) is 28.8 Å². The largest absolute Gasteiger partial charge is 0.491 e. The summed E-state index contributed by atoms with van der Waals surface area (Å²) in [5, 5.41) is 17.9. The lowest BCUT2D eigenvalue weighted by atomic mass is 9.78. The van der Waals surface area contributed by atoms with Gasteiger partial charge in [-0.1, -0.05) is 0 Å². The molecule has 18 heavy (non-hydrogen) atoms. The highest BCUT2D eigenvalue weighted by molar-refractivity contribution is 6.61. The predicted octanol–water partition coefficient (Wildman–Crippen LogP) is -0.863. The Morgan fingerprint density at radius 1 is 1.61 bits per heavy atom. The predicted molar refractivity (Wildman–Crippen MR) is 58.1 cm³/mol. The summed E-state index contributed by atoms with van der Waals surface area (Å²) in [4.78, 5) is 10.6. The average molecular weight is 257 g/mol. The first kappa shape index (κ1) is 12.9. The van der Waals surface area contributed by atoms with Crippen LogP contribution in [0.5, 0.6) is 0 Å².